The second-order valence-corrected chi connectivity index (χ2v) is 5.79. The van der Waals surface area contributed by atoms with Gasteiger partial charge in [0.05, 0.1) is 4.91 Å². The van der Waals surface area contributed by atoms with Crippen molar-refractivity contribution in [2.45, 2.75) is 13.0 Å². The Morgan fingerprint density at radius 2 is 2.26 bits per heavy atom. The summed E-state index contributed by atoms with van der Waals surface area (Å²) in [6, 6.07) is 2.78. The molecule has 2 heterocycles. The van der Waals surface area contributed by atoms with Crippen molar-refractivity contribution in [1.82, 2.24) is 9.47 Å². The monoisotopic (exact) mass is 296 g/mol. The van der Waals surface area contributed by atoms with E-state index in [9.17, 15) is 9.59 Å². The Kier molecular flexibility index (Phi) is 3.77. The number of carboxylic acid groups (broad SMARTS) is 1. The average Bonchev–Trinajstić information content (AvgIpc) is 2.85. The zero-order chi connectivity index (χ0) is 14.2. The number of amides is 1. The maximum atomic E-state index is 12.2. The highest BCUT2D eigenvalue weighted by Crippen LogP contribution is 2.33. The van der Waals surface area contributed by atoms with Crippen molar-refractivity contribution in [3.05, 3.63) is 28.9 Å². The van der Waals surface area contributed by atoms with Gasteiger partial charge < -0.3 is 9.67 Å². The summed E-state index contributed by atoms with van der Waals surface area (Å²) in [6.07, 6.45) is 3.58. The molecule has 0 bridgehead atoms. The van der Waals surface area contributed by atoms with Crippen LogP contribution >= 0.6 is 24.0 Å². The summed E-state index contributed by atoms with van der Waals surface area (Å²) in [5.41, 5.74) is 0.864. The zero-order valence-electron chi connectivity index (χ0n) is 10.4. The lowest BCUT2D eigenvalue weighted by molar-refractivity contribution is -0.144. The van der Waals surface area contributed by atoms with Crippen molar-refractivity contribution < 1.29 is 14.7 Å². The largest absolute Gasteiger partial charge is 0.480 e. The van der Waals surface area contributed by atoms with Crippen LogP contribution in [0.5, 0.6) is 0 Å². The Morgan fingerprint density at radius 3 is 2.79 bits per heavy atom. The zero-order valence-corrected chi connectivity index (χ0v) is 12.0. The summed E-state index contributed by atoms with van der Waals surface area (Å²) < 4.78 is 2.15. The summed E-state index contributed by atoms with van der Waals surface area (Å²) in [4.78, 5) is 24.7. The predicted molar refractivity (Wildman–Crippen MR) is 77.5 cm³/mol. The topological polar surface area (TPSA) is 62.5 Å². The quantitative estimate of drug-likeness (QED) is 0.679. The lowest BCUT2D eigenvalue weighted by Crippen LogP contribution is -2.41. The summed E-state index contributed by atoms with van der Waals surface area (Å²) in [5.74, 6) is -1.43. The van der Waals surface area contributed by atoms with Crippen LogP contribution in [-0.2, 0) is 16.6 Å². The first-order valence-corrected chi connectivity index (χ1v) is 6.75. The molecule has 1 fully saturated rings. The van der Waals surface area contributed by atoms with Crippen LogP contribution in [0, 0.1) is 0 Å². The first kappa shape index (κ1) is 13.8. The van der Waals surface area contributed by atoms with Gasteiger partial charge in [-0.2, -0.15) is 0 Å². The number of carboxylic acids is 1. The van der Waals surface area contributed by atoms with Crippen molar-refractivity contribution >= 4 is 46.3 Å². The van der Waals surface area contributed by atoms with Crippen molar-refractivity contribution in [1.29, 1.82) is 0 Å². The molecule has 5 nitrogen and oxygen atoms in total. The van der Waals surface area contributed by atoms with E-state index in [1.54, 1.807) is 6.08 Å². The molecule has 1 aromatic heterocycles. The molecule has 1 aliphatic heterocycles. The van der Waals surface area contributed by atoms with E-state index in [2.05, 4.69) is 0 Å². The molecule has 1 amide bonds. The van der Waals surface area contributed by atoms with Crippen LogP contribution in [0.15, 0.2) is 23.2 Å². The van der Waals surface area contributed by atoms with E-state index in [0.717, 1.165) is 22.4 Å². The molecule has 0 aromatic carbocycles. The molecule has 1 aromatic rings. The summed E-state index contributed by atoms with van der Waals surface area (Å²) in [7, 11) is 1.87. The number of hydrogen-bond acceptors (Lipinski definition) is 4. The van der Waals surface area contributed by atoms with Gasteiger partial charge in [0.1, 0.15) is 10.4 Å². The Bertz CT molecular complexity index is 592. The van der Waals surface area contributed by atoms with Crippen LogP contribution < -0.4 is 0 Å². The molecule has 1 atom stereocenters. The second kappa shape index (κ2) is 5.18. The SMILES string of the molecule is C[C@H](C(=O)O)N1C(=O)/C(=C\c2cccn2C)SC1=S. The number of aryl methyl sites for hydroxylation is 1. The number of rotatable bonds is 3. The standard InChI is InChI=1S/C12H12N2O3S2/c1-7(11(16)17)14-10(15)9(19-12(14)18)6-8-4-3-5-13(8)2/h3-7H,1-2H3,(H,16,17)/b9-6+/t7-/m1/s1. The minimum absolute atomic E-state index is 0.278. The fraction of sp³-hybridized carbons (Fsp3) is 0.250. The van der Waals surface area contributed by atoms with E-state index in [1.165, 1.54) is 6.92 Å². The lowest BCUT2D eigenvalue weighted by atomic mass is 10.3. The number of carbonyl (C=O) groups is 2. The predicted octanol–water partition coefficient (Wildman–Crippen LogP) is 1.70. The third-order valence-electron chi connectivity index (χ3n) is 2.83. The molecule has 1 aliphatic rings. The van der Waals surface area contributed by atoms with Crippen LogP contribution in [0.25, 0.3) is 6.08 Å². The normalized spacial score (nSPS) is 19.3. The van der Waals surface area contributed by atoms with Gasteiger partial charge >= 0.3 is 5.97 Å². The van der Waals surface area contributed by atoms with Gasteiger partial charge in [0.15, 0.2) is 0 Å². The number of thiocarbonyl (C=S) groups is 1. The smallest absolute Gasteiger partial charge is 0.326 e. The number of aromatic nitrogens is 1. The van der Waals surface area contributed by atoms with Gasteiger partial charge in [-0.1, -0.05) is 24.0 Å². The van der Waals surface area contributed by atoms with Gasteiger partial charge in [-0.05, 0) is 25.1 Å². The Balaban J connectivity index is 2.31. The molecule has 0 saturated carbocycles. The minimum Gasteiger partial charge on any atom is -0.480 e. The molecule has 2 rings (SSSR count). The summed E-state index contributed by atoms with van der Waals surface area (Å²) >= 11 is 6.20. The van der Waals surface area contributed by atoms with E-state index >= 15 is 0 Å². The highest BCUT2D eigenvalue weighted by molar-refractivity contribution is 8.26. The summed E-state index contributed by atoms with van der Waals surface area (Å²) in [6.45, 7) is 1.44. The molecule has 0 radical (unpaired) electrons. The van der Waals surface area contributed by atoms with Gasteiger partial charge in [-0.3, -0.25) is 9.69 Å². The molecular formula is C12H12N2O3S2. The summed E-state index contributed by atoms with van der Waals surface area (Å²) in [5, 5.41) is 8.98. The van der Waals surface area contributed by atoms with Crippen molar-refractivity contribution in [2.24, 2.45) is 7.05 Å². The second-order valence-electron chi connectivity index (χ2n) is 4.11. The first-order valence-electron chi connectivity index (χ1n) is 5.53. The van der Waals surface area contributed by atoms with E-state index < -0.39 is 12.0 Å². The van der Waals surface area contributed by atoms with Crippen LogP contribution in [0.3, 0.4) is 0 Å². The number of hydrogen-bond donors (Lipinski definition) is 1. The highest BCUT2D eigenvalue weighted by atomic mass is 32.2. The molecule has 0 spiro atoms. The minimum atomic E-state index is -1.07. The molecule has 1 N–H and O–H groups in total. The van der Waals surface area contributed by atoms with Crippen LogP contribution in [-0.4, -0.2) is 36.8 Å². The van der Waals surface area contributed by atoms with E-state index in [4.69, 9.17) is 17.3 Å². The molecular weight excluding hydrogens is 284 g/mol. The third kappa shape index (κ3) is 2.57. The Hall–Kier alpha value is -1.60. The van der Waals surface area contributed by atoms with E-state index in [-0.39, 0.29) is 10.2 Å². The number of aliphatic carboxylic acids is 1. The number of nitrogens with zero attached hydrogens (tertiary/aromatic N) is 2. The number of carbonyl (C=O) groups excluding carboxylic acids is 1. The fourth-order valence-electron chi connectivity index (χ4n) is 1.68. The van der Waals surface area contributed by atoms with Gasteiger partial charge in [-0.25, -0.2) is 4.79 Å². The first-order chi connectivity index (χ1) is 8.91. The Labute approximate surface area is 119 Å². The molecule has 100 valence electrons. The van der Waals surface area contributed by atoms with E-state index in [1.807, 2.05) is 29.9 Å². The van der Waals surface area contributed by atoms with Gasteiger partial charge in [0.2, 0.25) is 0 Å². The highest BCUT2D eigenvalue weighted by Gasteiger charge is 2.38. The van der Waals surface area contributed by atoms with Crippen LogP contribution in [0.2, 0.25) is 0 Å². The lowest BCUT2D eigenvalue weighted by Gasteiger charge is -2.18. The maximum absolute atomic E-state index is 12.2. The molecule has 19 heavy (non-hydrogen) atoms. The van der Waals surface area contributed by atoms with Crippen molar-refractivity contribution in [3.63, 3.8) is 0 Å². The van der Waals surface area contributed by atoms with Crippen LogP contribution in [0.4, 0.5) is 0 Å². The molecule has 0 unspecified atom stereocenters. The molecule has 1 saturated heterocycles. The molecule has 0 aliphatic carbocycles. The van der Waals surface area contributed by atoms with Crippen LogP contribution in [0.1, 0.15) is 12.6 Å². The average molecular weight is 296 g/mol. The maximum Gasteiger partial charge on any atom is 0.326 e. The van der Waals surface area contributed by atoms with Gasteiger partial charge in [-0.15, -0.1) is 0 Å². The fourth-order valence-corrected chi connectivity index (χ4v) is 3.09. The molecule has 7 heteroatoms. The number of thioether (sulfide) groups is 1. The van der Waals surface area contributed by atoms with Crippen molar-refractivity contribution in [3.8, 4) is 0 Å². The third-order valence-corrected chi connectivity index (χ3v) is 4.16. The van der Waals surface area contributed by atoms with Gasteiger partial charge in [0.25, 0.3) is 5.91 Å². The van der Waals surface area contributed by atoms with Crippen molar-refractivity contribution in [2.75, 3.05) is 0 Å². The van der Waals surface area contributed by atoms with Gasteiger partial charge in [0, 0.05) is 18.9 Å². The van der Waals surface area contributed by atoms with E-state index in [0.29, 0.717) is 4.91 Å². The Morgan fingerprint density at radius 1 is 1.58 bits per heavy atom.